The molecule has 6 nitrogen and oxygen atoms in total. The Balaban J connectivity index is 1.58. The minimum Gasteiger partial charge on any atom is -0.497 e. The number of carbonyl (C=O) groups is 1. The predicted octanol–water partition coefficient (Wildman–Crippen LogP) is 5.31. The van der Waals surface area contributed by atoms with Crippen molar-refractivity contribution in [1.82, 2.24) is 14.8 Å². The fourth-order valence-corrected chi connectivity index (χ4v) is 4.70. The van der Waals surface area contributed by atoms with Crippen LogP contribution in [-0.4, -0.2) is 33.5 Å². The Labute approximate surface area is 190 Å². The van der Waals surface area contributed by atoms with Crippen LogP contribution in [0, 0.1) is 0 Å². The number of hydrogen-bond acceptors (Lipinski definition) is 5. The number of aromatic nitrogens is 2. The van der Waals surface area contributed by atoms with Crippen molar-refractivity contribution in [3.8, 4) is 22.0 Å². The highest BCUT2D eigenvalue weighted by Gasteiger charge is 2.35. The van der Waals surface area contributed by atoms with E-state index in [-0.39, 0.29) is 11.9 Å². The van der Waals surface area contributed by atoms with Crippen molar-refractivity contribution in [3.05, 3.63) is 89.4 Å². The average Bonchev–Trinajstić information content (AvgIpc) is 3.58. The number of rotatable bonds is 5. The lowest BCUT2D eigenvalue weighted by molar-refractivity contribution is -0.130. The first-order chi connectivity index (χ1) is 15.6. The summed E-state index contributed by atoms with van der Waals surface area (Å²) in [6.07, 6.45) is 2.63. The normalized spacial score (nSPS) is 15.6. The standard InChI is InChI=1S/C25H22N4O2S/c1-17(30)29-23(15-22(26-29)18-8-6-11-20(14-18)31-2)21-16-28(19-9-4-3-5-10-19)27-25(21)24-12-7-13-32-24/h3-14,16,23H,15H2,1-2H3/t23-/m0/s1. The van der Waals surface area contributed by atoms with Gasteiger partial charge in [-0.15, -0.1) is 11.3 Å². The minimum absolute atomic E-state index is 0.0995. The molecule has 5 rings (SSSR count). The highest BCUT2D eigenvalue weighted by atomic mass is 32.1. The summed E-state index contributed by atoms with van der Waals surface area (Å²) >= 11 is 1.64. The van der Waals surface area contributed by atoms with Gasteiger partial charge in [0.25, 0.3) is 0 Å². The van der Waals surface area contributed by atoms with Crippen molar-refractivity contribution < 1.29 is 9.53 Å². The van der Waals surface area contributed by atoms with E-state index in [4.69, 9.17) is 14.9 Å². The van der Waals surface area contributed by atoms with Crippen LogP contribution in [0.2, 0.25) is 0 Å². The zero-order valence-corrected chi connectivity index (χ0v) is 18.6. The van der Waals surface area contributed by atoms with Gasteiger partial charge in [-0.2, -0.15) is 10.2 Å². The van der Waals surface area contributed by atoms with Crippen LogP contribution in [0.4, 0.5) is 0 Å². The number of nitrogens with zero attached hydrogens (tertiary/aromatic N) is 4. The van der Waals surface area contributed by atoms with Gasteiger partial charge in [-0.25, -0.2) is 9.69 Å². The number of para-hydroxylation sites is 1. The van der Waals surface area contributed by atoms with Crippen molar-refractivity contribution in [2.24, 2.45) is 5.10 Å². The molecule has 0 bridgehead atoms. The van der Waals surface area contributed by atoms with Gasteiger partial charge in [-0.05, 0) is 35.7 Å². The van der Waals surface area contributed by atoms with Crippen LogP contribution in [0.15, 0.2) is 83.4 Å². The molecule has 0 unspecified atom stereocenters. The maximum Gasteiger partial charge on any atom is 0.240 e. The zero-order valence-electron chi connectivity index (χ0n) is 17.8. The van der Waals surface area contributed by atoms with Crippen LogP contribution in [-0.2, 0) is 4.79 Å². The van der Waals surface area contributed by atoms with E-state index >= 15 is 0 Å². The summed E-state index contributed by atoms with van der Waals surface area (Å²) in [5.74, 6) is 0.664. The number of hydrogen-bond donors (Lipinski definition) is 0. The SMILES string of the molecule is COc1cccc(C2=NN(C(C)=O)[C@H](c3cn(-c4ccccc4)nc3-c3cccs3)C2)c1. The molecule has 0 N–H and O–H groups in total. The molecule has 1 aliphatic rings. The number of amides is 1. The Morgan fingerprint density at radius 3 is 2.66 bits per heavy atom. The van der Waals surface area contributed by atoms with Gasteiger partial charge in [0.05, 0.1) is 29.4 Å². The number of ether oxygens (including phenoxy) is 1. The van der Waals surface area contributed by atoms with Crippen molar-refractivity contribution >= 4 is 23.0 Å². The van der Waals surface area contributed by atoms with Gasteiger partial charge in [0, 0.05) is 30.7 Å². The number of carbonyl (C=O) groups excluding carboxylic acids is 1. The summed E-state index contributed by atoms with van der Waals surface area (Å²) in [6, 6.07) is 21.6. The number of benzene rings is 2. The summed E-state index contributed by atoms with van der Waals surface area (Å²) in [7, 11) is 1.64. The first-order valence-corrected chi connectivity index (χ1v) is 11.2. The van der Waals surface area contributed by atoms with Gasteiger partial charge >= 0.3 is 0 Å². The van der Waals surface area contributed by atoms with E-state index in [0.29, 0.717) is 6.42 Å². The van der Waals surface area contributed by atoms with Crippen LogP contribution in [0.5, 0.6) is 5.75 Å². The van der Waals surface area contributed by atoms with Crippen molar-refractivity contribution in [2.45, 2.75) is 19.4 Å². The molecule has 2 aromatic carbocycles. The summed E-state index contributed by atoms with van der Waals surface area (Å²) in [5, 5.41) is 13.2. The predicted molar refractivity (Wildman–Crippen MR) is 126 cm³/mol. The second-order valence-corrected chi connectivity index (χ2v) is 8.50. The Hall–Kier alpha value is -3.71. The average molecular weight is 443 g/mol. The molecule has 1 atom stereocenters. The highest BCUT2D eigenvalue weighted by Crippen LogP contribution is 2.39. The lowest BCUT2D eigenvalue weighted by atomic mass is 9.98. The summed E-state index contributed by atoms with van der Waals surface area (Å²) in [4.78, 5) is 13.6. The second-order valence-electron chi connectivity index (χ2n) is 7.55. The number of hydrazone groups is 1. The van der Waals surface area contributed by atoms with Gasteiger partial charge in [-0.3, -0.25) is 4.79 Å². The van der Waals surface area contributed by atoms with E-state index in [2.05, 4.69) is 6.07 Å². The lowest BCUT2D eigenvalue weighted by Crippen LogP contribution is -2.24. The van der Waals surface area contributed by atoms with E-state index in [1.54, 1.807) is 30.4 Å². The Bertz CT molecular complexity index is 1280. The van der Waals surface area contributed by atoms with Crippen LogP contribution in [0.1, 0.15) is 30.5 Å². The van der Waals surface area contributed by atoms with Crippen LogP contribution >= 0.6 is 11.3 Å². The molecule has 0 saturated heterocycles. The van der Waals surface area contributed by atoms with Crippen molar-refractivity contribution in [1.29, 1.82) is 0 Å². The molecule has 32 heavy (non-hydrogen) atoms. The largest absolute Gasteiger partial charge is 0.497 e. The van der Waals surface area contributed by atoms with Gasteiger partial charge < -0.3 is 4.74 Å². The van der Waals surface area contributed by atoms with E-state index in [9.17, 15) is 4.79 Å². The summed E-state index contributed by atoms with van der Waals surface area (Å²) in [6.45, 7) is 1.55. The molecule has 0 fully saturated rings. The number of thiophene rings is 1. The van der Waals surface area contributed by atoms with E-state index in [1.807, 2.05) is 76.9 Å². The zero-order chi connectivity index (χ0) is 22.1. The fourth-order valence-electron chi connectivity index (χ4n) is 3.97. The first-order valence-electron chi connectivity index (χ1n) is 10.3. The van der Waals surface area contributed by atoms with Crippen LogP contribution < -0.4 is 4.74 Å². The van der Waals surface area contributed by atoms with Gasteiger partial charge in [0.15, 0.2) is 0 Å². The molecule has 0 radical (unpaired) electrons. The molecular formula is C25H22N4O2S. The fraction of sp³-hybridized carbons (Fsp3) is 0.160. The third-order valence-corrected chi connectivity index (χ3v) is 6.39. The highest BCUT2D eigenvalue weighted by molar-refractivity contribution is 7.13. The summed E-state index contributed by atoms with van der Waals surface area (Å²) in [5.41, 5.74) is 4.63. The molecule has 2 aromatic heterocycles. The second kappa shape index (κ2) is 8.43. The molecule has 7 heteroatoms. The van der Waals surface area contributed by atoms with Gasteiger partial charge in [-0.1, -0.05) is 36.4 Å². The number of methoxy groups -OCH3 is 1. The smallest absolute Gasteiger partial charge is 0.240 e. The van der Waals surface area contributed by atoms with Gasteiger partial charge in [0.1, 0.15) is 11.4 Å². The molecule has 1 aliphatic heterocycles. The molecule has 4 aromatic rings. The van der Waals surface area contributed by atoms with Crippen LogP contribution in [0.25, 0.3) is 16.3 Å². The molecular weight excluding hydrogens is 420 g/mol. The first kappa shape index (κ1) is 20.2. The van der Waals surface area contributed by atoms with Crippen molar-refractivity contribution in [2.75, 3.05) is 7.11 Å². The maximum atomic E-state index is 12.6. The molecule has 0 aliphatic carbocycles. The van der Waals surface area contributed by atoms with Crippen molar-refractivity contribution in [3.63, 3.8) is 0 Å². The quantitative estimate of drug-likeness (QED) is 0.421. The van der Waals surface area contributed by atoms with E-state index < -0.39 is 0 Å². The molecule has 0 saturated carbocycles. The monoisotopic (exact) mass is 442 g/mol. The Morgan fingerprint density at radius 1 is 1.09 bits per heavy atom. The van der Waals surface area contributed by atoms with E-state index in [1.165, 1.54) is 0 Å². The topological polar surface area (TPSA) is 59.7 Å². The minimum atomic E-state index is -0.233. The molecule has 160 valence electrons. The molecule has 1 amide bonds. The third-order valence-electron chi connectivity index (χ3n) is 5.51. The maximum absolute atomic E-state index is 12.6. The lowest BCUT2D eigenvalue weighted by Gasteiger charge is -2.19. The Morgan fingerprint density at radius 2 is 1.94 bits per heavy atom. The van der Waals surface area contributed by atoms with Crippen LogP contribution in [0.3, 0.4) is 0 Å². The Kier molecular flexibility index (Phi) is 5.33. The van der Waals surface area contributed by atoms with Gasteiger partial charge in [0.2, 0.25) is 5.91 Å². The molecule has 3 heterocycles. The van der Waals surface area contributed by atoms with E-state index in [0.717, 1.165) is 38.8 Å². The molecule has 0 spiro atoms. The third kappa shape index (κ3) is 3.71. The summed E-state index contributed by atoms with van der Waals surface area (Å²) < 4.78 is 7.25.